The molecule has 0 radical (unpaired) electrons. The van der Waals surface area contributed by atoms with Crippen molar-refractivity contribution in [2.75, 3.05) is 6.54 Å². The van der Waals surface area contributed by atoms with E-state index >= 15 is 0 Å². The first-order valence-electron chi connectivity index (χ1n) is 7.33. The lowest BCUT2D eigenvalue weighted by Crippen LogP contribution is -2.57. The lowest BCUT2D eigenvalue weighted by molar-refractivity contribution is -0.127. The van der Waals surface area contributed by atoms with E-state index in [1.165, 1.54) is 0 Å². The summed E-state index contributed by atoms with van der Waals surface area (Å²) in [5.41, 5.74) is -1.45. The van der Waals surface area contributed by atoms with Crippen LogP contribution in [0.5, 0.6) is 0 Å². The Morgan fingerprint density at radius 1 is 1.38 bits per heavy atom. The second kappa shape index (κ2) is 5.54. The van der Waals surface area contributed by atoms with E-state index in [1.807, 2.05) is 0 Å². The Labute approximate surface area is 124 Å². The van der Waals surface area contributed by atoms with E-state index in [1.54, 1.807) is 20.8 Å². The molecule has 0 aromatic carbocycles. The zero-order valence-electron chi connectivity index (χ0n) is 12.7. The summed E-state index contributed by atoms with van der Waals surface area (Å²) < 4.78 is 5.19. The Morgan fingerprint density at radius 3 is 2.67 bits per heavy atom. The third-order valence-corrected chi connectivity index (χ3v) is 3.93. The van der Waals surface area contributed by atoms with Crippen molar-refractivity contribution in [2.24, 2.45) is 5.92 Å². The average Bonchev–Trinajstić information content (AvgIpc) is 2.61. The molecule has 1 aliphatic carbocycles. The van der Waals surface area contributed by atoms with E-state index in [0.717, 1.165) is 19.3 Å². The van der Waals surface area contributed by atoms with Crippen molar-refractivity contribution < 1.29 is 19.1 Å². The van der Waals surface area contributed by atoms with Crippen LogP contribution in [0.15, 0.2) is 0 Å². The molecule has 0 aromatic rings. The highest BCUT2D eigenvalue weighted by Gasteiger charge is 2.52. The van der Waals surface area contributed by atoms with Crippen LogP contribution in [0.4, 0.5) is 9.59 Å². The molecular formula is C14H23N3O4. The van der Waals surface area contributed by atoms with Crippen molar-refractivity contribution in [3.05, 3.63) is 0 Å². The van der Waals surface area contributed by atoms with Crippen LogP contribution in [-0.2, 0) is 9.53 Å². The predicted octanol–water partition coefficient (Wildman–Crippen LogP) is 1.28. The maximum atomic E-state index is 12.1. The monoisotopic (exact) mass is 297 g/mol. The van der Waals surface area contributed by atoms with Gasteiger partial charge in [-0.1, -0.05) is 12.8 Å². The molecule has 1 aliphatic heterocycles. The van der Waals surface area contributed by atoms with Crippen LogP contribution in [0, 0.1) is 5.92 Å². The summed E-state index contributed by atoms with van der Waals surface area (Å²) in [7, 11) is 0. The maximum absolute atomic E-state index is 12.1. The molecule has 7 nitrogen and oxygen atoms in total. The molecule has 2 aliphatic rings. The van der Waals surface area contributed by atoms with Gasteiger partial charge >= 0.3 is 12.1 Å². The van der Waals surface area contributed by atoms with Gasteiger partial charge in [-0.15, -0.1) is 0 Å². The van der Waals surface area contributed by atoms with Crippen molar-refractivity contribution in [3.8, 4) is 0 Å². The molecular weight excluding hydrogens is 274 g/mol. The molecule has 1 spiro atoms. The molecule has 4 amide bonds. The molecule has 118 valence electrons. The lowest BCUT2D eigenvalue weighted by atomic mass is 9.72. The van der Waals surface area contributed by atoms with Crippen molar-refractivity contribution >= 4 is 18.0 Å². The summed E-state index contributed by atoms with van der Waals surface area (Å²) in [5.74, 6) is -0.409. The third kappa shape index (κ3) is 3.46. The third-order valence-electron chi connectivity index (χ3n) is 3.93. The summed E-state index contributed by atoms with van der Waals surface area (Å²) >= 11 is 0. The number of hydrogen-bond donors (Lipinski definition) is 3. The number of carbonyl (C=O) groups is 3. The fraction of sp³-hybridized carbons (Fsp3) is 0.786. The SMILES string of the molecule is CC(C)(C)OC(=O)NC[C@@H]1CCCC[C@@]12NC(=O)NC2=O. The Morgan fingerprint density at radius 2 is 2.10 bits per heavy atom. The summed E-state index contributed by atoms with van der Waals surface area (Å²) in [5, 5.41) is 7.75. The molecule has 21 heavy (non-hydrogen) atoms. The fourth-order valence-electron chi connectivity index (χ4n) is 3.01. The van der Waals surface area contributed by atoms with E-state index in [2.05, 4.69) is 16.0 Å². The molecule has 2 fully saturated rings. The molecule has 7 heteroatoms. The maximum Gasteiger partial charge on any atom is 0.407 e. The molecule has 1 saturated carbocycles. The summed E-state index contributed by atoms with van der Waals surface area (Å²) in [6.07, 6.45) is 2.74. The first-order chi connectivity index (χ1) is 9.73. The van der Waals surface area contributed by atoms with E-state index in [9.17, 15) is 14.4 Å². The van der Waals surface area contributed by atoms with Crippen LogP contribution in [0.1, 0.15) is 46.5 Å². The second-order valence-electron chi connectivity index (χ2n) is 6.71. The highest BCUT2D eigenvalue weighted by Crippen LogP contribution is 2.35. The van der Waals surface area contributed by atoms with Crippen molar-refractivity contribution in [3.63, 3.8) is 0 Å². The van der Waals surface area contributed by atoms with Crippen LogP contribution in [0.25, 0.3) is 0 Å². The van der Waals surface area contributed by atoms with Gasteiger partial charge < -0.3 is 15.4 Å². The van der Waals surface area contributed by atoms with E-state index < -0.39 is 23.3 Å². The van der Waals surface area contributed by atoms with E-state index in [-0.39, 0.29) is 11.8 Å². The minimum Gasteiger partial charge on any atom is -0.444 e. The number of rotatable bonds is 2. The molecule has 0 aromatic heterocycles. The first kappa shape index (κ1) is 15.6. The first-order valence-corrected chi connectivity index (χ1v) is 7.33. The number of amides is 4. The second-order valence-corrected chi connectivity index (χ2v) is 6.71. The number of ether oxygens (including phenoxy) is 1. The number of nitrogens with one attached hydrogen (secondary N) is 3. The van der Waals surface area contributed by atoms with Gasteiger partial charge in [0.1, 0.15) is 11.1 Å². The normalized spacial score (nSPS) is 29.0. The summed E-state index contributed by atoms with van der Waals surface area (Å²) in [6.45, 7) is 5.68. The quantitative estimate of drug-likeness (QED) is 0.669. The number of urea groups is 1. The Hall–Kier alpha value is -1.79. The smallest absolute Gasteiger partial charge is 0.407 e. The zero-order chi connectivity index (χ0) is 15.7. The molecule has 0 unspecified atom stereocenters. The molecule has 2 rings (SSSR count). The van der Waals surface area contributed by atoms with Crippen LogP contribution in [-0.4, -0.2) is 35.7 Å². The summed E-state index contributed by atoms with van der Waals surface area (Å²) in [6, 6.07) is -0.454. The number of hydrogen-bond acceptors (Lipinski definition) is 4. The molecule has 1 heterocycles. The number of imide groups is 1. The van der Waals surface area contributed by atoms with Crippen LogP contribution >= 0.6 is 0 Å². The van der Waals surface area contributed by atoms with Gasteiger partial charge in [0.05, 0.1) is 0 Å². The van der Waals surface area contributed by atoms with Crippen LogP contribution in [0.3, 0.4) is 0 Å². The standard InChI is InChI=1S/C14H23N3O4/c1-13(2,3)21-12(20)15-8-9-6-4-5-7-14(9)10(18)16-11(19)17-14/h9H,4-8H2,1-3H3,(H,15,20)(H2,16,17,18,19)/t9-,14+/m0/s1. The average molecular weight is 297 g/mol. The van der Waals surface area contributed by atoms with Gasteiger partial charge in [-0.25, -0.2) is 9.59 Å². The van der Waals surface area contributed by atoms with Gasteiger partial charge in [-0.05, 0) is 33.6 Å². The van der Waals surface area contributed by atoms with Gasteiger partial charge in [0.25, 0.3) is 5.91 Å². The Kier molecular flexibility index (Phi) is 4.11. The Bertz CT molecular complexity index is 458. The largest absolute Gasteiger partial charge is 0.444 e. The minimum atomic E-state index is -0.885. The van der Waals surface area contributed by atoms with Crippen molar-refractivity contribution in [2.45, 2.75) is 57.6 Å². The van der Waals surface area contributed by atoms with Gasteiger partial charge in [-0.3, -0.25) is 10.1 Å². The molecule has 0 bridgehead atoms. The van der Waals surface area contributed by atoms with Gasteiger partial charge in [0.15, 0.2) is 0 Å². The van der Waals surface area contributed by atoms with Crippen molar-refractivity contribution in [1.82, 2.24) is 16.0 Å². The molecule has 1 saturated heterocycles. The zero-order valence-corrected chi connectivity index (χ0v) is 12.7. The lowest BCUT2D eigenvalue weighted by Gasteiger charge is -2.38. The van der Waals surface area contributed by atoms with Gasteiger partial charge in [-0.2, -0.15) is 0 Å². The molecule has 3 N–H and O–H groups in total. The van der Waals surface area contributed by atoms with E-state index in [4.69, 9.17) is 4.74 Å². The highest BCUT2D eigenvalue weighted by molar-refractivity contribution is 6.07. The topological polar surface area (TPSA) is 96.5 Å². The summed E-state index contributed by atoms with van der Waals surface area (Å²) in [4.78, 5) is 35.3. The number of alkyl carbamates (subject to hydrolysis) is 1. The van der Waals surface area contributed by atoms with Gasteiger partial charge in [0, 0.05) is 12.5 Å². The number of carbonyl (C=O) groups excluding carboxylic acids is 3. The van der Waals surface area contributed by atoms with Crippen molar-refractivity contribution in [1.29, 1.82) is 0 Å². The predicted molar refractivity (Wildman–Crippen MR) is 75.6 cm³/mol. The van der Waals surface area contributed by atoms with Crippen LogP contribution in [0.2, 0.25) is 0 Å². The van der Waals surface area contributed by atoms with Gasteiger partial charge in [0.2, 0.25) is 0 Å². The minimum absolute atomic E-state index is 0.120. The fourth-order valence-corrected chi connectivity index (χ4v) is 3.01. The van der Waals surface area contributed by atoms with E-state index in [0.29, 0.717) is 13.0 Å². The molecule has 2 atom stereocenters. The van der Waals surface area contributed by atoms with Crippen LogP contribution < -0.4 is 16.0 Å². The highest BCUT2D eigenvalue weighted by atomic mass is 16.6. The Balaban J connectivity index is 1.99.